The van der Waals surface area contributed by atoms with Gasteiger partial charge >= 0.3 is 11.9 Å². The van der Waals surface area contributed by atoms with Gasteiger partial charge in [0.2, 0.25) is 5.89 Å². The minimum atomic E-state index is -1.13. The van der Waals surface area contributed by atoms with Crippen LogP contribution < -0.4 is 5.32 Å². The van der Waals surface area contributed by atoms with Crippen LogP contribution in [0.15, 0.2) is 65.1 Å². The van der Waals surface area contributed by atoms with Gasteiger partial charge in [0.25, 0.3) is 5.91 Å². The highest BCUT2D eigenvalue weighted by Crippen LogP contribution is 2.40. The van der Waals surface area contributed by atoms with Gasteiger partial charge in [-0.2, -0.15) is 0 Å². The molecule has 5 aromatic rings. The number of amides is 1. The SMILES string of the molecule is CCOC(=O)c1c(NC(=O)C(C)OC(=O)c2cccc3cccc(-c4nc5ccccc5o4)c23)sc2c1CCC(C)C2. The van der Waals surface area contributed by atoms with Crippen molar-refractivity contribution in [3.05, 3.63) is 82.2 Å². The summed E-state index contributed by atoms with van der Waals surface area (Å²) in [6.45, 7) is 5.68. The minimum Gasteiger partial charge on any atom is -0.462 e. The van der Waals surface area contributed by atoms with E-state index in [-0.39, 0.29) is 12.2 Å². The summed E-state index contributed by atoms with van der Waals surface area (Å²) in [5.41, 5.74) is 3.64. The fraction of sp³-hybridized carbons (Fsp3) is 0.273. The number of ether oxygens (including phenoxy) is 2. The van der Waals surface area contributed by atoms with E-state index in [0.717, 1.165) is 35.1 Å². The number of thiophene rings is 1. The van der Waals surface area contributed by atoms with Crippen LogP contribution in [0.25, 0.3) is 33.3 Å². The molecule has 9 heteroatoms. The first-order valence-corrected chi connectivity index (χ1v) is 14.9. The zero-order chi connectivity index (χ0) is 29.4. The van der Waals surface area contributed by atoms with Crippen molar-refractivity contribution in [2.75, 3.05) is 11.9 Å². The summed E-state index contributed by atoms with van der Waals surface area (Å²) in [4.78, 5) is 45.4. The normalized spacial score (nSPS) is 15.3. The minimum absolute atomic E-state index is 0.234. The Kier molecular flexibility index (Phi) is 7.51. The molecule has 0 aliphatic heterocycles. The van der Waals surface area contributed by atoms with Crippen LogP contribution in [-0.2, 0) is 27.1 Å². The number of carbonyl (C=O) groups is 3. The summed E-state index contributed by atoms with van der Waals surface area (Å²) in [6.07, 6.45) is 1.44. The van der Waals surface area contributed by atoms with Crippen molar-refractivity contribution in [2.24, 2.45) is 5.92 Å². The molecular weight excluding hydrogens is 552 g/mol. The van der Waals surface area contributed by atoms with E-state index in [1.807, 2.05) is 48.5 Å². The average molecular weight is 583 g/mol. The van der Waals surface area contributed by atoms with Crippen molar-refractivity contribution in [3.63, 3.8) is 0 Å². The van der Waals surface area contributed by atoms with Crippen molar-refractivity contribution in [3.8, 4) is 11.5 Å². The smallest absolute Gasteiger partial charge is 0.341 e. The second-order valence-electron chi connectivity index (χ2n) is 10.5. The molecule has 214 valence electrons. The summed E-state index contributed by atoms with van der Waals surface area (Å²) in [5.74, 6) is -0.756. The molecule has 0 saturated heterocycles. The molecular formula is C33H30N2O6S. The Morgan fingerprint density at radius 3 is 2.64 bits per heavy atom. The van der Waals surface area contributed by atoms with Gasteiger partial charge < -0.3 is 19.2 Å². The van der Waals surface area contributed by atoms with Crippen LogP contribution in [0.2, 0.25) is 0 Å². The molecule has 0 saturated carbocycles. The summed E-state index contributed by atoms with van der Waals surface area (Å²) in [6, 6.07) is 18.4. The Morgan fingerprint density at radius 1 is 1.07 bits per heavy atom. The lowest BCUT2D eigenvalue weighted by atomic mass is 9.88. The maximum atomic E-state index is 13.5. The quantitative estimate of drug-likeness (QED) is 0.202. The van der Waals surface area contributed by atoms with Gasteiger partial charge in [0.15, 0.2) is 11.7 Å². The number of rotatable bonds is 7. The fourth-order valence-electron chi connectivity index (χ4n) is 5.43. The second kappa shape index (κ2) is 11.4. The fourth-order valence-corrected chi connectivity index (χ4v) is 6.83. The Labute approximate surface area is 246 Å². The monoisotopic (exact) mass is 582 g/mol. The third kappa shape index (κ3) is 5.16. The maximum absolute atomic E-state index is 13.5. The lowest BCUT2D eigenvalue weighted by Gasteiger charge is -2.18. The highest BCUT2D eigenvalue weighted by atomic mass is 32.1. The number of hydrogen-bond donors (Lipinski definition) is 1. The second-order valence-corrected chi connectivity index (χ2v) is 11.6. The zero-order valence-electron chi connectivity index (χ0n) is 23.6. The highest BCUT2D eigenvalue weighted by molar-refractivity contribution is 7.17. The van der Waals surface area contributed by atoms with E-state index in [2.05, 4.69) is 17.2 Å². The third-order valence-electron chi connectivity index (χ3n) is 7.53. The molecule has 1 N–H and O–H groups in total. The molecule has 3 aromatic carbocycles. The molecule has 2 unspecified atom stereocenters. The molecule has 2 heterocycles. The Morgan fingerprint density at radius 2 is 1.86 bits per heavy atom. The molecule has 1 amide bonds. The Bertz CT molecular complexity index is 1800. The van der Waals surface area contributed by atoms with Crippen molar-refractivity contribution >= 4 is 56.1 Å². The summed E-state index contributed by atoms with van der Waals surface area (Å²) in [5, 5.41) is 4.70. The van der Waals surface area contributed by atoms with E-state index in [4.69, 9.17) is 13.9 Å². The van der Waals surface area contributed by atoms with E-state index in [9.17, 15) is 14.4 Å². The molecule has 1 aliphatic carbocycles. The van der Waals surface area contributed by atoms with Gasteiger partial charge in [0.1, 0.15) is 10.5 Å². The van der Waals surface area contributed by atoms with Crippen molar-refractivity contribution in [2.45, 2.75) is 46.1 Å². The molecule has 2 aromatic heterocycles. The number of para-hydroxylation sites is 2. The van der Waals surface area contributed by atoms with Gasteiger partial charge in [0.05, 0.1) is 17.7 Å². The van der Waals surface area contributed by atoms with E-state index in [1.54, 1.807) is 19.1 Å². The van der Waals surface area contributed by atoms with E-state index < -0.39 is 23.9 Å². The number of oxazole rings is 1. The van der Waals surface area contributed by atoms with Crippen LogP contribution in [0, 0.1) is 5.92 Å². The van der Waals surface area contributed by atoms with E-state index >= 15 is 0 Å². The summed E-state index contributed by atoms with van der Waals surface area (Å²) < 4.78 is 17.0. The van der Waals surface area contributed by atoms with E-state index in [0.29, 0.717) is 44.4 Å². The topological polar surface area (TPSA) is 108 Å². The number of aromatic nitrogens is 1. The maximum Gasteiger partial charge on any atom is 0.341 e. The number of fused-ring (bicyclic) bond motifs is 3. The van der Waals surface area contributed by atoms with Crippen molar-refractivity contribution in [1.82, 2.24) is 4.98 Å². The predicted molar refractivity (Wildman–Crippen MR) is 162 cm³/mol. The summed E-state index contributed by atoms with van der Waals surface area (Å²) in [7, 11) is 0. The van der Waals surface area contributed by atoms with E-state index in [1.165, 1.54) is 18.3 Å². The number of nitrogens with zero attached hydrogens (tertiary/aromatic N) is 1. The highest BCUT2D eigenvalue weighted by Gasteiger charge is 2.31. The predicted octanol–water partition coefficient (Wildman–Crippen LogP) is 7.20. The lowest BCUT2D eigenvalue weighted by molar-refractivity contribution is -0.123. The van der Waals surface area contributed by atoms with Crippen molar-refractivity contribution < 1.29 is 28.3 Å². The third-order valence-corrected chi connectivity index (χ3v) is 8.70. The molecule has 1 aliphatic rings. The lowest BCUT2D eigenvalue weighted by Crippen LogP contribution is -2.30. The zero-order valence-corrected chi connectivity index (χ0v) is 24.4. The Hall–Kier alpha value is -4.50. The van der Waals surface area contributed by atoms with Crippen LogP contribution in [-0.4, -0.2) is 35.5 Å². The first-order valence-electron chi connectivity index (χ1n) is 14.0. The molecule has 42 heavy (non-hydrogen) atoms. The van der Waals surface area contributed by atoms with Gasteiger partial charge in [-0.1, -0.05) is 43.3 Å². The van der Waals surface area contributed by atoms with Gasteiger partial charge in [-0.15, -0.1) is 11.3 Å². The van der Waals surface area contributed by atoms with Crippen LogP contribution in [0.4, 0.5) is 5.00 Å². The van der Waals surface area contributed by atoms with Gasteiger partial charge in [0, 0.05) is 15.8 Å². The number of benzene rings is 3. The number of nitrogens with one attached hydrogen (secondary N) is 1. The number of hydrogen-bond acceptors (Lipinski definition) is 8. The van der Waals surface area contributed by atoms with Gasteiger partial charge in [-0.3, -0.25) is 4.79 Å². The average Bonchev–Trinajstić information content (AvgIpc) is 3.57. The largest absolute Gasteiger partial charge is 0.462 e. The number of anilines is 1. The number of esters is 2. The van der Waals surface area contributed by atoms with Gasteiger partial charge in [-0.05, 0) is 74.2 Å². The van der Waals surface area contributed by atoms with Crippen LogP contribution >= 0.6 is 11.3 Å². The standard InChI is InChI=1S/C33H30N2O6S/c1-4-39-33(38)28-21-16-15-18(2)17-26(21)42-31(28)35-29(36)19(3)40-32(37)23-12-8-10-20-9-7-11-22(27(20)23)30-34-24-13-5-6-14-25(24)41-30/h5-14,18-19H,4,15-17H2,1-3H3,(H,35,36). The summed E-state index contributed by atoms with van der Waals surface area (Å²) >= 11 is 1.39. The first kappa shape index (κ1) is 27.7. The molecule has 0 spiro atoms. The van der Waals surface area contributed by atoms with Crippen LogP contribution in [0.3, 0.4) is 0 Å². The van der Waals surface area contributed by atoms with Gasteiger partial charge in [-0.25, -0.2) is 14.6 Å². The van der Waals surface area contributed by atoms with Crippen molar-refractivity contribution in [1.29, 1.82) is 0 Å². The molecule has 6 rings (SSSR count). The van der Waals surface area contributed by atoms with Crippen LogP contribution in [0.1, 0.15) is 58.3 Å². The molecule has 2 atom stereocenters. The first-order chi connectivity index (χ1) is 20.3. The molecule has 0 fully saturated rings. The Balaban J connectivity index is 1.27. The molecule has 0 radical (unpaired) electrons. The molecule has 0 bridgehead atoms. The van der Waals surface area contributed by atoms with Crippen LogP contribution in [0.5, 0.6) is 0 Å². The molecule has 8 nitrogen and oxygen atoms in total. The number of carbonyl (C=O) groups excluding carboxylic acids is 3.